The number of hydrazone groups is 1. The highest BCUT2D eigenvalue weighted by Gasteiger charge is 2.32. The molecule has 0 spiro atoms. The first kappa shape index (κ1) is 26.3. The number of amides is 2. The summed E-state index contributed by atoms with van der Waals surface area (Å²) in [7, 11) is 1.28. The first-order valence-electron chi connectivity index (χ1n) is 10.8. The topological polar surface area (TPSA) is 131 Å². The molecule has 0 radical (unpaired) electrons. The maximum atomic E-state index is 12.3. The number of benzene rings is 2. The molecule has 2 aromatic rings. The fraction of sp³-hybridized carbons (Fsp3) is 0.292. The Morgan fingerprint density at radius 2 is 2.06 bits per heavy atom. The molecule has 0 aromatic heterocycles. The van der Waals surface area contributed by atoms with Crippen LogP contribution in [-0.4, -0.2) is 49.9 Å². The van der Waals surface area contributed by atoms with Crippen LogP contribution in [0.3, 0.4) is 0 Å². The van der Waals surface area contributed by atoms with E-state index in [1.807, 2.05) is 31.2 Å². The van der Waals surface area contributed by atoms with E-state index in [1.165, 1.54) is 7.11 Å². The minimum Gasteiger partial charge on any atom is -0.490 e. The van der Waals surface area contributed by atoms with Gasteiger partial charge in [0.15, 0.2) is 17.7 Å². The molecule has 2 atom stereocenters. The number of carbonyl (C=O) groups is 2. The number of rotatable bonds is 10. The Hall–Kier alpha value is -3.32. The number of hydrogen-bond acceptors (Lipinski definition) is 8. The van der Waals surface area contributed by atoms with Crippen LogP contribution in [-0.2, 0) is 9.53 Å². The fourth-order valence-corrected chi connectivity index (χ4v) is 3.97. The third-order valence-electron chi connectivity index (χ3n) is 4.96. The number of hydrogen-bond donors (Lipinski definition) is 4. The van der Waals surface area contributed by atoms with Gasteiger partial charge in [0, 0.05) is 9.27 Å². The predicted molar refractivity (Wildman–Crippen MR) is 138 cm³/mol. The van der Waals surface area contributed by atoms with E-state index < -0.39 is 24.3 Å². The van der Waals surface area contributed by atoms with Gasteiger partial charge in [-0.15, -0.1) is 0 Å². The van der Waals surface area contributed by atoms with Crippen molar-refractivity contribution >= 4 is 40.8 Å². The molecule has 11 heteroatoms. The molecule has 186 valence electrons. The van der Waals surface area contributed by atoms with Crippen molar-refractivity contribution in [3.63, 3.8) is 0 Å². The number of halogens is 1. The van der Waals surface area contributed by atoms with Gasteiger partial charge in [0.25, 0.3) is 0 Å². The SMILES string of the molecule is CCOc1cc([C@@H]2NC(=O)NC(C)=C2C(=O)OC)ccc1OC[C@@H](O)N/N=C\c1cccc(I)c1. The second-order valence-corrected chi connectivity index (χ2v) is 8.72. The van der Waals surface area contributed by atoms with Gasteiger partial charge in [0.05, 0.1) is 31.5 Å². The first-order chi connectivity index (χ1) is 16.8. The van der Waals surface area contributed by atoms with Crippen LogP contribution >= 0.6 is 22.6 Å². The largest absolute Gasteiger partial charge is 0.490 e. The number of methoxy groups -OCH3 is 1. The summed E-state index contributed by atoms with van der Waals surface area (Å²) in [5.41, 5.74) is 4.81. The Labute approximate surface area is 216 Å². The van der Waals surface area contributed by atoms with Gasteiger partial charge in [-0.05, 0) is 71.8 Å². The highest BCUT2D eigenvalue weighted by Crippen LogP contribution is 2.34. The van der Waals surface area contributed by atoms with Gasteiger partial charge in [-0.1, -0.05) is 18.2 Å². The highest BCUT2D eigenvalue weighted by atomic mass is 127. The van der Waals surface area contributed by atoms with E-state index in [0.717, 1.165) is 9.13 Å². The van der Waals surface area contributed by atoms with Crippen LogP contribution in [0.15, 0.2) is 58.8 Å². The number of aliphatic hydroxyl groups is 1. The average Bonchev–Trinajstić information content (AvgIpc) is 2.82. The minimum atomic E-state index is -1.07. The Morgan fingerprint density at radius 3 is 2.77 bits per heavy atom. The number of ether oxygens (including phenoxy) is 3. The van der Waals surface area contributed by atoms with Crippen molar-refractivity contribution < 1.29 is 28.9 Å². The van der Waals surface area contributed by atoms with Crippen molar-refractivity contribution in [1.29, 1.82) is 0 Å². The van der Waals surface area contributed by atoms with Gasteiger partial charge >= 0.3 is 12.0 Å². The van der Waals surface area contributed by atoms with E-state index in [9.17, 15) is 14.7 Å². The molecule has 0 aliphatic carbocycles. The molecule has 4 N–H and O–H groups in total. The molecule has 3 rings (SSSR count). The molecule has 2 amide bonds. The number of nitrogens with zero attached hydrogens (tertiary/aromatic N) is 1. The molecule has 0 fully saturated rings. The molecule has 35 heavy (non-hydrogen) atoms. The quantitative estimate of drug-likeness (QED) is 0.109. The zero-order valence-electron chi connectivity index (χ0n) is 19.5. The van der Waals surface area contributed by atoms with Gasteiger partial charge < -0.3 is 30.0 Å². The standard InChI is InChI=1S/C24H27IN4O6/c1-4-34-19-11-16(22-21(23(31)33-3)14(2)27-24(32)28-22)8-9-18(19)35-13-20(30)29-26-12-15-6-5-7-17(25)10-15/h5-12,20,22,29-30H,4,13H2,1-3H3,(H2,27,28,32)/b26-12-/t20-,22+/m1/s1. The number of carbonyl (C=O) groups excluding carboxylic acids is 2. The highest BCUT2D eigenvalue weighted by molar-refractivity contribution is 14.1. The summed E-state index contributed by atoms with van der Waals surface area (Å²) in [6.07, 6.45) is 0.538. The molecule has 0 bridgehead atoms. The maximum Gasteiger partial charge on any atom is 0.337 e. The summed E-state index contributed by atoms with van der Waals surface area (Å²) in [6, 6.07) is 11.6. The van der Waals surface area contributed by atoms with Crippen LogP contribution in [0.2, 0.25) is 0 Å². The summed E-state index contributed by atoms with van der Waals surface area (Å²) in [5, 5.41) is 19.6. The van der Waals surface area contributed by atoms with Crippen molar-refractivity contribution in [2.75, 3.05) is 20.3 Å². The molecule has 1 heterocycles. The van der Waals surface area contributed by atoms with Gasteiger partial charge in [0.2, 0.25) is 0 Å². The van der Waals surface area contributed by atoms with Crippen LogP contribution in [0.4, 0.5) is 4.79 Å². The van der Waals surface area contributed by atoms with Crippen LogP contribution in [0.5, 0.6) is 11.5 Å². The molecular weight excluding hydrogens is 567 g/mol. The van der Waals surface area contributed by atoms with Gasteiger partial charge in [0.1, 0.15) is 6.61 Å². The Bertz CT molecular complexity index is 1140. The molecule has 0 unspecified atom stereocenters. The molecule has 0 saturated carbocycles. The number of allylic oxidation sites excluding steroid dienone is 1. The lowest BCUT2D eigenvalue weighted by atomic mass is 9.95. The van der Waals surface area contributed by atoms with Gasteiger partial charge in [-0.3, -0.25) is 5.43 Å². The Balaban J connectivity index is 1.71. The van der Waals surface area contributed by atoms with Crippen molar-refractivity contribution in [2.24, 2.45) is 5.10 Å². The van der Waals surface area contributed by atoms with E-state index in [1.54, 1.807) is 31.3 Å². The van der Waals surface area contributed by atoms with Crippen LogP contribution in [0.25, 0.3) is 0 Å². The van der Waals surface area contributed by atoms with Crippen LogP contribution < -0.4 is 25.5 Å². The van der Waals surface area contributed by atoms with Crippen molar-refractivity contribution in [3.05, 3.63) is 68.4 Å². The number of esters is 1. The third-order valence-corrected chi connectivity index (χ3v) is 5.63. The number of urea groups is 1. The normalized spacial score (nSPS) is 16.4. The lowest BCUT2D eigenvalue weighted by molar-refractivity contribution is -0.136. The van der Waals surface area contributed by atoms with Gasteiger partial charge in [-0.25, -0.2) is 9.59 Å². The Kier molecular flexibility index (Phi) is 9.32. The van der Waals surface area contributed by atoms with E-state index in [2.05, 4.69) is 43.8 Å². The molecule has 1 aliphatic heterocycles. The molecule has 0 saturated heterocycles. The summed E-state index contributed by atoms with van der Waals surface area (Å²) in [5.74, 6) is 0.228. The van der Waals surface area contributed by atoms with E-state index in [4.69, 9.17) is 14.2 Å². The van der Waals surface area contributed by atoms with Crippen LogP contribution in [0.1, 0.15) is 31.0 Å². The first-order valence-corrected chi connectivity index (χ1v) is 11.9. The third kappa shape index (κ3) is 7.09. The molecule has 1 aliphatic rings. The minimum absolute atomic E-state index is 0.0976. The second kappa shape index (κ2) is 12.4. The summed E-state index contributed by atoms with van der Waals surface area (Å²) in [6.45, 7) is 3.72. The zero-order chi connectivity index (χ0) is 25.4. The zero-order valence-corrected chi connectivity index (χ0v) is 21.7. The monoisotopic (exact) mass is 594 g/mol. The maximum absolute atomic E-state index is 12.3. The number of aliphatic hydroxyl groups excluding tert-OH is 1. The molecule has 10 nitrogen and oxygen atoms in total. The lowest BCUT2D eigenvalue weighted by Crippen LogP contribution is -2.45. The fourth-order valence-electron chi connectivity index (χ4n) is 3.41. The summed E-state index contributed by atoms with van der Waals surface area (Å²) >= 11 is 2.21. The molecule has 2 aromatic carbocycles. The summed E-state index contributed by atoms with van der Waals surface area (Å²) < 4.78 is 17.4. The second-order valence-electron chi connectivity index (χ2n) is 7.47. The Morgan fingerprint density at radius 1 is 1.26 bits per heavy atom. The van der Waals surface area contributed by atoms with E-state index in [-0.39, 0.29) is 12.2 Å². The smallest absolute Gasteiger partial charge is 0.337 e. The predicted octanol–water partition coefficient (Wildman–Crippen LogP) is 2.81. The van der Waals surface area contributed by atoms with E-state index in [0.29, 0.717) is 29.4 Å². The average molecular weight is 594 g/mol. The number of nitrogens with one attached hydrogen (secondary N) is 3. The van der Waals surface area contributed by atoms with Crippen molar-refractivity contribution in [2.45, 2.75) is 26.1 Å². The summed E-state index contributed by atoms with van der Waals surface area (Å²) in [4.78, 5) is 24.4. The van der Waals surface area contributed by atoms with Gasteiger partial charge in [-0.2, -0.15) is 5.10 Å². The van der Waals surface area contributed by atoms with Crippen LogP contribution in [0, 0.1) is 3.57 Å². The molecular formula is C24H27IN4O6. The lowest BCUT2D eigenvalue weighted by Gasteiger charge is -2.28. The van der Waals surface area contributed by atoms with E-state index >= 15 is 0 Å². The van der Waals surface area contributed by atoms with Crippen molar-refractivity contribution in [3.8, 4) is 11.5 Å². The van der Waals surface area contributed by atoms with Crippen molar-refractivity contribution in [1.82, 2.24) is 16.1 Å².